The number of likely N-dealkylation sites (N-methyl/N-ethyl adjacent to an activating group) is 1. The van der Waals surface area contributed by atoms with Crippen LogP contribution in [-0.2, 0) is 0 Å². The van der Waals surface area contributed by atoms with Crippen LogP contribution in [0.15, 0.2) is 6.33 Å². The molecule has 1 fully saturated rings. The molecule has 0 saturated carbocycles. The van der Waals surface area contributed by atoms with Gasteiger partial charge in [-0.2, -0.15) is 0 Å². The fraction of sp³-hybridized carbons (Fsp3) is 0.714. The van der Waals surface area contributed by atoms with Gasteiger partial charge in [-0.25, -0.2) is 9.97 Å². The van der Waals surface area contributed by atoms with E-state index in [4.69, 9.17) is 0 Å². The largest absolute Gasteiger partial charge is 0.373 e. The highest BCUT2D eigenvalue weighted by molar-refractivity contribution is 5.57. The van der Waals surface area contributed by atoms with Crippen molar-refractivity contribution >= 4 is 11.6 Å². The SMILES string of the molecule is CNc1ncnc(N2CCN(CCN(C)C)CC2)c1C. The second kappa shape index (κ2) is 6.85. The number of piperazine rings is 1. The summed E-state index contributed by atoms with van der Waals surface area (Å²) in [6, 6.07) is 0. The monoisotopic (exact) mass is 278 g/mol. The van der Waals surface area contributed by atoms with E-state index in [1.54, 1.807) is 6.33 Å². The molecule has 2 rings (SSSR count). The van der Waals surface area contributed by atoms with Gasteiger partial charge in [0.15, 0.2) is 0 Å². The molecular weight excluding hydrogens is 252 g/mol. The first-order chi connectivity index (χ1) is 9.61. The zero-order chi connectivity index (χ0) is 14.5. The van der Waals surface area contributed by atoms with E-state index in [-0.39, 0.29) is 0 Å². The lowest BCUT2D eigenvalue weighted by Crippen LogP contribution is -2.48. The minimum Gasteiger partial charge on any atom is -0.373 e. The van der Waals surface area contributed by atoms with Crippen LogP contribution in [0.4, 0.5) is 11.6 Å². The van der Waals surface area contributed by atoms with Gasteiger partial charge < -0.3 is 15.1 Å². The summed E-state index contributed by atoms with van der Waals surface area (Å²) >= 11 is 0. The Bertz CT molecular complexity index is 426. The van der Waals surface area contributed by atoms with Crippen LogP contribution >= 0.6 is 0 Å². The van der Waals surface area contributed by atoms with E-state index < -0.39 is 0 Å². The molecule has 0 radical (unpaired) electrons. The second-order valence-electron chi connectivity index (χ2n) is 5.55. The first-order valence-electron chi connectivity index (χ1n) is 7.23. The average molecular weight is 278 g/mol. The summed E-state index contributed by atoms with van der Waals surface area (Å²) in [4.78, 5) is 15.8. The van der Waals surface area contributed by atoms with Crippen LogP contribution in [0.2, 0.25) is 0 Å². The number of nitrogens with one attached hydrogen (secondary N) is 1. The molecule has 1 N–H and O–H groups in total. The summed E-state index contributed by atoms with van der Waals surface area (Å²) in [7, 11) is 6.15. The highest BCUT2D eigenvalue weighted by atomic mass is 15.3. The average Bonchev–Trinajstić information content (AvgIpc) is 2.46. The van der Waals surface area contributed by atoms with Crippen LogP contribution in [0.1, 0.15) is 5.56 Å². The predicted octanol–water partition coefficient (Wildman–Crippen LogP) is 0.510. The second-order valence-corrected chi connectivity index (χ2v) is 5.55. The molecule has 2 heterocycles. The maximum Gasteiger partial charge on any atom is 0.137 e. The highest BCUT2D eigenvalue weighted by Crippen LogP contribution is 2.22. The molecule has 0 atom stereocenters. The molecule has 0 aromatic carbocycles. The van der Waals surface area contributed by atoms with Crippen LogP contribution in [0.5, 0.6) is 0 Å². The van der Waals surface area contributed by atoms with Gasteiger partial charge in [-0.15, -0.1) is 0 Å². The fourth-order valence-electron chi connectivity index (χ4n) is 2.54. The van der Waals surface area contributed by atoms with Crippen molar-refractivity contribution in [2.45, 2.75) is 6.92 Å². The molecule has 6 heteroatoms. The van der Waals surface area contributed by atoms with Gasteiger partial charge >= 0.3 is 0 Å². The van der Waals surface area contributed by atoms with Gasteiger partial charge in [-0.05, 0) is 21.0 Å². The lowest BCUT2D eigenvalue weighted by Gasteiger charge is -2.36. The fourth-order valence-corrected chi connectivity index (χ4v) is 2.54. The summed E-state index contributed by atoms with van der Waals surface area (Å²) in [5, 5.41) is 3.12. The van der Waals surface area contributed by atoms with E-state index in [1.807, 2.05) is 7.05 Å². The van der Waals surface area contributed by atoms with Crippen molar-refractivity contribution in [3.8, 4) is 0 Å². The number of anilines is 2. The number of aromatic nitrogens is 2. The van der Waals surface area contributed by atoms with Crippen molar-refractivity contribution < 1.29 is 0 Å². The molecule has 112 valence electrons. The molecule has 1 aromatic rings. The summed E-state index contributed by atoms with van der Waals surface area (Å²) < 4.78 is 0. The number of rotatable bonds is 5. The first-order valence-corrected chi connectivity index (χ1v) is 7.23. The maximum absolute atomic E-state index is 4.46. The zero-order valence-corrected chi connectivity index (χ0v) is 13.1. The molecule has 6 nitrogen and oxygen atoms in total. The first kappa shape index (κ1) is 15.0. The quantitative estimate of drug-likeness (QED) is 0.847. The standard InChI is InChI=1S/C14H26N6/c1-12-13(15-2)16-11-17-14(12)20-9-7-19(8-10-20)6-5-18(3)4/h11H,5-10H2,1-4H3,(H,15,16,17). The maximum atomic E-state index is 4.46. The zero-order valence-electron chi connectivity index (χ0n) is 13.1. The lowest BCUT2D eigenvalue weighted by atomic mass is 10.2. The molecule has 0 spiro atoms. The van der Waals surface area contributed by atoms with E-state index >= 15 is 0 Å². The molecule has 0 aliphatic carbocycles. The van der Waals surface area contributed by atoms with Crippen molar-refractivity contribution in [2.75, 3.05) is 70.6 Å². The Kier molecular flexibility index (Phi) is 5.14. The number of hydrogen-bond acceptors (Lipinski definition) is 6. The molecule has 20 heavy (non-hydrogen) atoms. The Labute approximate surface area is 121 Å². The van der Waals surface area contributed by atoms with Crippen molar-refractivity contribution in [1.29, 1.82) is 0 Å². The van der Waals surface area contributed by atoms with Gasteiger partial charge in [0, 0.05) is 51.9 Å². The van der Waals surface area contributed by atoms with Gasteiger partial charge in [-0.3, -0.25) is 4.90 Å². The van der Waals surface area contributed by atoms with Gasteiger partial charge in [0.1, 0.15) is 18.0 Å². The molecule has 0 bridgehead atoms. The molecule has 1 saturated heterocycles. The molecule has 1 aliphatic rings. The van der Waals surface area contributed by atoms with E-state index in [0.29, 0.717) is 0 Å². The Morgan fingerprint density at radius 1 is 1.20 bits per heavy atom. The minimum absolute atomic E-state index is 0.921. The molecule has 0 amide bonds. The summed E-state index contributed by atoms with van der Waals surface area (Å²) in [5.74, 6) is 1.99. The molecular formula is C14H26N6. The summed E-state index contributed by atoms with van der Waals surface area (Å²) in [6.07, 6.45) is 1.65. The number of nitrogens with zero attached hydrogens (tertiary/aromatic N) is 5. The third-order valence-electron chi connectivity index (χ3n) is 3.83. The lowest BCUT2D eigenvalue weighted by molar-refractivity contribution is 0.229. The van der Waals surface area contributed by atoms with Gasteiger partial charge in [-0.1, -0.05) is 0 Å². The normalized spacial score (nSPS) is 16.8. The Balaban J connectivity index is 1.94. The Morgan fingerprint density at radius 2 is 1.90 bits per heavy atom. The minimum atomic E-state index is 0.921. The van der Waals surface area contributed by atoms with Gasteiger partial charge in [0.05, 0.1) is 0 Å². The van der Waals surface area contributed by atoms with E-state index in [1.165, 1.54) is 0 Å². The summed E-state index contributed by atoms with van der Waals surface area (Å²) in [5.41, 5.74) is 1.14. The smallest absolute Gasteiger partial charge is 0.137 e. The topological polar surface area (TPSA) is 47.5 Å². The van der Waals surface area contributed by atoms with Crippen LogP contribution in [0.25, 0.3) is 0 Å². The molecule has 1 aliphatic heterocycles. The van der Waals surface area contributed by atoms with Crippen molar-refractivity contribution in [3.05, 3.63) is 11.9 Å². The van der Waals surface area contributed by atoms with Crippen LogP contribution in [0.3, 0.4) is 0 Å². The molecule has 1 aromatic heterocycles. The van der Waals surface area contributed by atoms with Crippen LogP contribution in [-0.4, -0.2) is 80.2 Å². The predicted molar refractivity (Wildman–Crippen MR) is 83.5 cm³/mol. The summed E-state index contributed by atoms with van der Waals surface area (Å²) in [6.45, 7) is 8.63. The van der Waals surface area contributed by atoms with Gasteiger partial charge in [0.25, 0.3) is 0 Å². The highest BCUT2D eigenvalue weighted by Gasteiger charge is 2.20. The third kappa shape index (κ3) is 3.58. The molecule has 0 unspecified atom stereocenters. The number of hydrogen-bond donors (Lipinski definition) is 1. The van der Waals surface area contributed by atoms with Crippen molar-refractivity contribution in [3.63, 3.8) is 0 Å². The van der Waals surface area contributed by atoms with Crippen LogP contribution in [0, 0.1) is 6.92 Å². The van der Waals surface area contributed by atoms with E-state index in [9.17, 15) is 0 Å². The van der Waals surface area contributed by atoms with Crippen molar-refractivity contribution in [2.24, 2.45) is 0 Å². The van der Waals surface area contributed by atoms with Crippen LogP contribution < -0.4 is 10.2 Å². The van der Waals surface area contributed by atoms with Gasteiger partial charge in [0.2, 0.25) is 0 Å². The Morgan fingerprint density at radius 3 is 2.50 bits per heavy atom. The van der Waals surface area contributed by atoms with E-state index in [0.717, 1.165) is 56.5 Å². The van der Waals surface area contributed by atoms with Crippen molar-refractivity contribution in [1.82, 2.24) is 19.8 Å². The third-order valence-corrected chi connectivity index (χ3v) is 3.83. The van der Waals surface area contributed by atoms with E-state index in [2.05, 4.69) is 51.0 Å². The Hall–Kier alpha value is -1.40.